The Morgan fingerprint density at radius 1 is 1.14 bits per heavy atom. The zero-order valence-electron chi connectivity index (χ0n) is 20.5. The minimum Gasteiger partial charge on any atom is -0.481 e. The van der Waals surface area contributed by atoms with Crippen LogP contribution >= 0.6 is 0 Å². The normalized spacial score (nSPS) is 19.7. The summed E-state index contributed by atoms with van der Waals surface area (Å²) < 4.78 is 48.4. The Bertz CT molecular complexity index is 1480. The van der Waals surface area contributed by atoms with Gasteiger partial charge in [-0.05, 0) is 60.1 Å². The molecule has 10 heteroatoms. The lowest BCUT2D eigenvalue weighted by atomic mass is 10.0. The van der Waals surface area contributed by atoms with Gasteiger partial charge in [0.15, 0.2) is 0 Å². The van der Waals surface area contributed by atoms with Crippen molar-refractivity contribution >= 4 is 15.8 Å². The number of carboxylic acids is 1. The summed E-state index contributed by atoms with van der Waals surface area (Å²) in [4.78, 5) is 19.9. The smallest absolute Gasteiger partial charge is 0.307 e. The summed E-state index contributed by atoms with van der Waals surface area (Å²) in [7, 11) is -3.03. The Kier molecular flexibility index (Phi) is 6.61. The molecular weight excluding hydrogens is 499 g/mol. The van der Waals surface area contributed by atoms with E-state index in [0.717, 1.165) is 27.8 Å². The number of hydrogen-bond acceptors (Lipinski definition) is 7. The first-order valence-corrected chi connectivity index (χ1v) is 14.1. The predicted octanol–water partition coefficient (Wildman–Crippen LogP) is 3.95. The van der Waals surface area contributed by atoms with E-state index in [-0.39, 0.29) is 36.7 Å². The molecule has 2 aromatic heterocycles. The molecule has 8 nitrogen and oxygen atoms in total. The van der Waals surface area contributed by atoms with Gasteiger partial charge in [-0.25, -0.2) is 22.8 Å². The number of hydrogen-bond donors (Lipinski definition) is 1. The summed E-state index contributed by atoms with van der Waals surface area (Å²) in [5.74, 6) is -0.444. The van der Waals surface area contributed by atoms with Crippen LogP contribution in [0.25, 0.3) is 11.1 Å². The Hall–Kier alpha value is -3.53. The summed E-state index contributed by atoms with van der Waals surface area (Å²) in [6.45, 7) is 2.13. The molecule has 0 spiro atoms. The Balaban J connectivity index is 1.23. The molecule has 1 fully saturated rings. The third kappa shape index (κ3) is 5.44. The zero-order chi connectivity index (χ0) is 26.3. The minimum atomic E-state index is -3.03. The molecule has 2 aliphatic rings. The number of halogens is 1. The van der Waals surface area contributed by atoms with E-state index >= 15 is 0 Å². The van der Waals surface area contributed by atoms with Crippen LogP contribution in [-0.4, -0.2) is 48.1 Å². The standard InChI is InChI=1S/C27H27FN2O6S/c1-15-8-23(35-6-3-7-37(2,33)34)29-12-20(15)16-4-5-22(28)18(9-16)14-36-24-11-17-10-19-25(21(17)13-30-24)26(19)27(31)32/h4-5,8-9,11-13,19,25-26H,3,6-7,10,14H2,1-2H3,(H,31,32)/t19-,25-,26+/m1/s1. The number of pyridine rings is 2. The lowest BCUT2D eigenvalue weighted by molar-refractivity contribution is -0.139. The molecule has 2 aliphatic carbocycles. The molecule has 0 radical (unpaired) electrons. The van der Waals surface area contributed by atoms with Crippen molar-refractivity contribution in [1.29, 1.82) is 0 Å². The Morgan fingerprint density at radius 2 is 1.89 bits per heavy atom. The molecule has 0 aliphatic heterocycles. The predicted molar refractivity (Wildman–Crippen MR) is 134 cm³/mol. The number of carboxylic acid groups (broad SMARTS) is 1. The van der Waals surface area contributed by atoms with Crippen molar-refractivity contribution in [1.82, 2.24) is 9.97 Å². The van der Waals surface area contributed by atoms with Crippen LogP contribution in [0.5, 0.6) is 11.8 Å². The van der Waals surface area contributed by atoms with Crippen molar-refractivity contribution in [2.24, 2.45) is 11.8 Å². The van der Waals surface area contributed by atoms with Crippen LogP contribution in [0.3, 0.4) is 0 Å². The highest BCUT2D eigenvalue weighted by atomic mass is 32.2. The maximum Gasteiger partial charge on any atom is 0.307 e. The molecule has 2 heterocycles. The number of benzene rings is 1. The average Bonchev–Trinajstić information content (AvgIpc) is 3.43. The maximum atomic E-state index is 14.6. The third-order valence-corrected chi connectivity index (χ3v) is 8.03. The number of ether oxygens (including phenoxy) is 2. The van der Waals surface area contributed by atoms with Gasteiger partial charge in [0.1, 0.15) is 22.3 Å². The Labute approximate surface area is 214 Å². The fraction of sp³-hybridized carbons (Fsp3) is 0.370. The van der Waals surface area contributed by atoms with Gasteiger partial charge >= 0.3 is 5.97 Å². The van der Waals surface area contributed by atoms with E-state index in [4.69, 9.17) is 9.47 Å². The van der Waals surface area contributed by atoms with E-state index < -0.39 is 21.6 Å². The van der Waals surface area contributed by atoms with Crippen LogP contribution in [0.1, 0.15) is 34.6 Å². The second-order valence-electron chi connectivity index (χ2n) is 9.74. The first-order valence-electron chi connectivity index (χ1n) is 12.0. The SMILES string of the molecule is Cc1cc(OCCCS(C)(=O)=O)ncc1-c1ccc(F)c(COc2cc3c(cn2)[C@H]2[C@@H](C3)[C@@H]2C(=O)O)c1. The molecule has 3 atom stereocenters. The number of aliphatic carboxylic acids is 1. The van der Waals surface area contributed by atoms with Crippen LogP contribution in [0.2, 0.25) is 0 Å². The van der Waals surface area contributed by atoms with Crippen LogP contribution < -0.4 is 9.47 Å². The van der Waals surface area contributed by atoms with Gasteiger partial charge in [0.2, 0.25) is 11.8 Å². The topological polar surface area (TPSA) is 116 Å². The molecule has 37 heavy (non-hydrogen) atoms. The van der Waals surface area contributed by atoms with Crippen molar-refractivity contribution in [3.8, 4) is 22.9 Å². The molecule has 0 bridgehead atoms. The van der Waals surface area contributed by atoms with Gasteiger partial charge in [0, 0.05) is 47.8 Å². The first kappa shape index (κ1) is 25.1. The summed E-state index contributed by atoms with van der Waals surface area (Å²) >= 11 is 0. The van der Waals surface area contributed by atoms with E-state index in [1.807, 2.05) is 13.0 Å². The maximum absolute atomic E-state index is 14.6. The second-order valence-corrected chi connectivity index (χ2v) is 12.0. The number of sulfone groups is 1. The number of carbonyl (C=O) groups is 1. The first-order chi connectivity index (χ1) is 17.6. The monoisotopic (exact) mass is 526 g/mol. The highest BCUT2D eigenvalue weighted by Crippen LogP contribution is 2.61. The number of aryl methyl sites for hydroxylation is 1. The quantitative estimate of drug-likeness (QED) is 0.395. The molecule has 0 unspecified atom stereocenters. The Morgan fingerprint density at radius 3 is 2.62 bits per heavy atom. The highest BCUT2D eigenvalue weighted by molar-refractivity contribution is 7.90. The van der Waals surface area contributed by atoms with Crippen LogP contribution in [0, 0.1) is 24.6 Å². The second kappa shape index (κ2) is 9.74. The van der Waals surface area contributed by atoms with Gasteiger partial charge < -0.3 is 14.6 Å². The van der Waals surface area contributed by atoms with Gasteiger partial charge in [-0.1, -0.05) is 6.07 Å². The van der Waals surface area contributed by atoms with Crippen LogP contribution in [-0.2, 0) is 27.7 Å². The molecule has 0 amide bonds. The number of rotatable bonds is 10. The molecule has 1 aromatic carbocycles. The van der Waals surface area contributed by atoms with E-state index in [9.17, 15) is 22.7 Å². The molecule has 194 valence electrons. The molecule has 1 saturated carbocycles. The van der Waals surface area contributed by atoms with E-state index in [1.165, 1.54) is 12.3 Å². The number of fused-ring (bicyclic) bond motifs is 3. The highest BCUT2D eigenvalue weighted by Gasteiger charge is 2.59. The summed E-state index contributed by atoms with van der Waals surface area (Å²) in [5.41, 5.74) is 4.86. The van der Waals surface area contributed by atoms with E-state index in [1.54, 1.807) is 30.6 Å². The molecule has 1 N–H and O–H groups in total. The van der Waals surface area contributed by atoms with Gasteiger partial charge in [-0.2, -0.15) is 0 Å². The van der Waals surface area contributed by atoms with Crippen molar-refractivity contribution in [2.75, 3.05) is 18.6 Å². The van der Waals surface area contributed by atoms with Gasteiger partial charge in [-0.3, -0.25) is 4.79 Å². The van der Waals surface area contributed by atoms with E-state index in [0.29, 0.717) is 30.2 Å². The number of nitrogens with zero attached hydrogens (tertiary/aromatic N) is 2. The van der Waals surface area contributed by atoms with Crippen molar-refractivity contribution in [3.63, 3.8) is 0 Å². The largest absolute Gasteiger partial charge is 0.481 e. The number of aromatic nitrogens is 2. The van der Waals surface area contributed by atoms with Crippen molar-refractivity contribution in [3.05, 3.63) is 70.8 Å². The van der Waals surface area contributed by atoms with Crippen LogP contribution in [0.15, 0.2) is 42.7 Å². The summed E-state index contributed by atoms with van der Waals surface area (Å²) in [6.07, 6.45) is 5.60. The zero-order valence-corrected chi connectivity index (χ0v) is 21.3. The van der Waals surface area contributed by atoms with E-state index in [2.05, 4.69) is 9.97 Å². The van der Waals surface area contributed by atoms with Gasteiger partial charge in [0.05, 0.1) is 18.3 Å². The molecular formula is C27H27FN2O6S. The molecule has 0 saturated heterocycles. The van der Waals surface area contributed by atoms with Crippen molar-refractivity contribution in [2.45, 2.75) is 32.3 Å². The van der Waals surface area contributed by atoms with Crippen LogP contribution in [0.4, 0.5) is 4.39 Å². The molecule has 5 rings (SSSR count). The van der Waals surface area contributed by atoms with Gasteiger partial charge in [-0.15, -0.1) is 0 Å². The van der Waals surface area contributed by atoms with Crippen molar-refractivity contribution < 1.29 is 32.2 Å². The lowest BCUT2D eigenvalue weighted by Crippen LogP contribution is -2.08. The minimum absolute atomic E-state index is 0.00985. The fourth-order valence-corrected chi connectivity index (χ4v) is 5.74. The third-order valence-electron chi connectivity index (χ3n) is 7.00. The molecule has 3 aromatic rings. The fourth-order valence-electron chi connectivity index (χ4n) is 5.10. The summed E-state index contributed by atoms with van der Waals surface area (Å²) in [6, 6.07) is 8.37. The summed E-state index contributed by atoms with van der Waals surface area (Å²) in [5, 5.41) is 9.27. The average molecular weight is 527 g/mol. The lowest BCUT2D eigenvalue weighted by Gasteiger charge is -2.12. The van der Waals surface area contributed by atoms with Gasteiger partial charge in [0.25, 0.3) is 0 Å².